The van der Waals surface area contributed by atoms with Gasteiger partial charge in [0.15, 0.2) is 0 Å². The molecule has 2 aromatic carbocycles. The highest BCUT2D eigenvalue weighted by molar-refractivity contribution is 6.42. The molecule has 1 aliphatic carbocycles. The predicted octanol–water partition coefficient (Wildman–Crippen LogP) is 3.04. The zero-order valence-electron chi connectivity index (χ0n) is 34.7. The third kappa shape index (κ3) is 13.4. The number of carbonyl (C=O) groups excluding carboxylic acids is 8. The Hall–Kier alpha value is -5.75. The van der Waals surface area contributed by atoms with Gasteiger partial charge < -0.3 is 47.1 Å². The maximum atomic E-state index is 14.8. The van der Waals surface area contributed by atoms with E-state index in [0.29, 0.717) is 24.8 Å². The molecule has 1 heterocycles. The summed E-state index contributed by atoms with van der Waals surface area (Å²) in [6.45, 7) is 4.57. The fourth-order valence-corrected chi connectivity index (χ4v) is 7.78. The molecule has 1 saturated carbocycles. The molecule has 2 fully saturated rings. The van der Waals surface area contributed by atoms with Crippen LogP contribution in [0.15, 0.2) is 42.5 Å². The van der Waals surface area contributed by atoms with Gasteiger partial charge in [-0.15, -0.1) is 0 Å². The summed E-state index contributed by atoms with van der Waals surface area (Å²) in [5.41, 5.74) is 5.07. The number of likely N-dealkylation sites (tertiary alicyclic amines) is 1. The van der Waals surface area contributed by atoms with Crippen LogP contribution in [0.1, 0.15) is 104 Å². The van der Waals surface area contributed by atoms with Crippen LogP contribution in [0.4, 0.5) is 4.79 Å². The monoisotopic (exact) mass is 901 g/mol. The van der Waals surface area contributed by atoms with Crippen molar-refractivity contribution in [3.8, 4) is 0 Å². The molecule has 62 heavy (non-hydrogen) atoms. The lowest BCUT2D eigenvalue weighted by Crippen LogP contribution is -2.58. The highest BCUT2D eigenvalue weighted by Gasteiger charge is 2.45. The van der Waals surface area contributed by atoms with E-state index in [1.165, 1.54) is 4.90 Å². The van der Waals surface area contributed by atoms with E-state index in [1.54, 1.807) is 37.3 Å². The standard InChI is InChI=1S/C42H53Cl2N7O11/c1-4-11-30(35(53)39(57)46-19-32(52)49-33(36(45)54)23-12-7-5-8-13-23)48-38(56)31-16-25(47-42(61)62-21-22(2)3)20-51(31)40(58)34(24-14-9-6-10-15-24)50-37(55)26-17-28(43)29(44)18-27(26)41(59)60/h5,7-8,12-13,17-18,22,24-25,30-31,33-34H,4,6,9-11,14-16,19-21H2,1-3H3,(H2,45,54)(H,46,57)(H,47,61)(H,48,56)(H,49,52)(H,50,55)(H,59,60). The van der Waals surface area contributed by atoms with Gasteiger partial charge in [-0.1, -0.05) is 100.0 Å². The SMILES string of the molecule is CCCC(NC(=O)C1CC(NC(=O)OCC(C)C)CN1C(=O)C(NC(=O)c1cc(Cl)c(Cl)cc1C(=O)O)C1CCCCC1)C(=O)C(=O)NCC(=O)NC(C(N)=O)c1ccccc1. The lowest BCUT2D eigenvalue weighted by Gasteiger charge is -2.35. The first-order chi connectivity index (χ1) is 29.4. The van der Waals surface area contributed by atoms with Crippen molar-refractivity contribution in [2.75, 3.05) is 19.7 Å². The van der Waals surface area contributed by atoms with E-state index in [2.05, 4.69) is 26.6 Å². The zero-order chi connectivity index (χ0) is 45.7. The number of Topliss-reactive ketones (excluding diaryl/α,β-unsaturated/α-hetero) is 1. The van der Waals surface area contributed by atoms with E-state index in [9.17, 15) is 48.3 Å². The van der Waals surface area contributed by atoms with E-state index in [0.717, 1.165) is 31.4 Å². The largest absolute Gasteiger partial charge is 0.478 e. The zero-order valence-corrected chi connectivity index (χ0v) is 36.2. The number of hydrogen-bond acceptors (Lipinski definition) is 10. The number of nitrogens with one attached hydrogen (secondary N) is 5. The van der Waals surface area contributed by atoms with Gasteiger partial charge in [0.2, 0.25) is 29.4 Å². The number of rotatable bonds is 19. The van der Waals surface area contributed by atoms with Crippen LogP contribution in [0, 0.1) is 11.8 Å². The van der Waals surface area contributed by atoms with E-state index < -0.39 is 102 Å². The maximum Gasteiger partial charge on any atom is 0.407 e. The summed E-state index contributed by atoms with van der Waals surface area (Å²) < 4.78 is 5.28. The summed E-state index contributed by atoms with van der Waals surface area (Å²) in [7, 11) is 0. The number of alkyl carbamates (subject to hydrolysis) is 1. The van der Waals surface area contributed by atoms with E-state index in [-0.39, 0.29) is 47.5 Å². The van der Waals surface area contributed by atoms with Gasteiger partial charge in [-0.25, -0.2) is 9.59 Å². The Morgan fingerprint density at radius 3 is 2.15 bits per heavy atom. The molecule has 4 rings (SSSR count). The minimum Gasteiger partial charge on any atom is -0.478 e. The molecular weight excluding hydrogens is 849 g/mol. The average molecular weight is 903 g/mol. The van der Waals surface area contributed by atoms with Crippen LogP contribution in [-0.2, 0) is 33.5 Å². The first-order valence-electron chi connectivity index (χ1n) is 20.4. The molecule has 0 aromatic heterocycles. The second-order valence-corrected chi connectivity index (χ2v) is 16.6. The van der Waals surface area contributed by atoms with Gasteiger partial charge in [0.25, 0.3) is 11.8 Å². The van der Waals surface area contributed by atoms with E-state index in [1.807, 2.05) is 13.8 Å². The van der Waals surface area contributed by atoms with E-state index >= 15 is 0 Å². The Morgan fingerprint density at radius 1 is 0.903 bits per heavy atom. The fourth-order valence-electron chi connectivity index (χ4n) is 7.45. The predicted molar refractivity (Wildman–Crippen MR) is 226 cm³/mol. The Labute approximate surface area is 368 Å². The molecule has 1 aliphatic heterocycles. The van der Waals surface area contributed by atoms with Gasteiger partial charge >= 0.3 is 12.1 Å². The average Bonchev–Trinajstić information content (AvgIpc) is 3.67. The summed E-state index contributed by atoms with van der Waals surface area (Å²) >= 11 is 12.2. The number of aromatic carboxylic acids is 1. The number of nitrogens with zero attached hydrogens (tertiary/aromatic N) is 1. The first kappa shape index (κ1) is 48.9. The molecule has 0 bridgehead atoms. The van der Waals surface area contributed by atoms with Gasteiger partial charge in [0, 0.05) is 6.54 Å². The van der Waals surface area contributed by atoms with Crippen molar-refractivity contribution in [3.05, 3.63) is 69.2 Å². The number of amides is 7. The number of carboxylic acid groups (broad SMARTS) is 1. The smallest absolute Gasteiger partial charge is 0.407 e. The highest BCUT2D eigenvalue weighted by Crippen LogP contribution is 2.31. The summed E-state index contributed by atoms with van der Waals surface area (Å²) in [5.74, 6) is -8.30. The summed E-state index contributed by atoms with van der Waals surface area (Å²) in [6, 6.07) is 4.24. The minimum absolute atomic E-state index is 0.0118. The third-order valence-electron chi connectivity index (χ3n) is 10.5. The third-order valence-corrected chi connectivity index (χ3v) is 11.3. The summed E-state index contributed by atoms with van der Waals surface area (Å²) in [5, 5.41) is 22.3. The van der Waals surface area contributed by atoms with Crippen molar-refractivity contribution in [1.82, 2.24) is 31.5 Å². The summed E-state index contributed by atoms with van der Waals surface area (Å²) in [6.07, 6.45) is 2.77. The van der Waals surface area contributed by atoms with Crippen molar-refractivity contribution < 1.29 is 53.0 Å². The van der Waals surface area contributed by atoms with Crippen molar-refractivity contribution in [3.63, 3.8) is 0 Å². The van der Waals surface area contributed by atoms with Gasteiger partial charge in [-0.05, 0) is 55.2 Å². The first-order valence-corrected chi connectivity index (χ1v) is 21.2. The number of ketones is 1. The fraction of sp³-hybridized carbons (Fsp3) is 0.500. The molecular formula is C42H53Cl2N7O11. The van der Waals surface area contributed by atoms with Gasteiger partial charge in [0.1, 0.15) is 18.1 Å². The molecule has 2 aromatic rings. The lowest BCUT2D eigenvalue weighted by molar-refractivity contribution is -0.143. The van der Waals surface area contributed by atoms with Gasteiger partial charge in [-0.3, -0.25) is 33.6 Å². The van der Waals surface area contributed by atoms with Crippen LogP contribution in [0.25, 0.3) is 0 Å². The highest BCUT2D eigenvalue weighted by atomic mass is 35.5. The second kappa shape index (κ2) is 22.9. The molecule has 20 heteroatoms. The number of carbonyl (C=O) groups is 9. The van der Waals surface area contributed by atoms with Crippen LogP contribution < -0.4 is 32.3 Å². The molecule has 5 unspecified atom stereocenters. The molecule has 336 valence electrons. The van der Waals surface area contributed by atoms with Crippen LogP contribution in [0.5, 0.6) is 0 Å². The van der Waals surface area contributed by atoms with Gasteiger partial charge in [-0.2, -0.15) is 0 Å². The molecule has 0 radical (unpaired) electrons. The number of primary amides is 1. The molecule has 0 spiro atoms. The molecule has 18 nitrogen and oxygen atoms in total. The van der Waals surface area contributed by atoms with Crippen LogP contribution in [0.3, 0.4) is 0 Å². The van der Waals surface area contributed by atoms with Crippen LogP contribution in [-0.4, -0.2) is 107 Å². The minimum atomic E-state index is -1.46. The number of nitrogens with two attached hydrogens (primary N) is 1. The van der Waals surface area contributed by atoms with Crippen molar-refractivity contribution in [2.24, 2.45) is 17.6 Å². The number of benzene rings is 2. The number of halogens is 2. The Kier molecular flexibility index (Phi) is 18.1. The van der Waals surface area contributed by atoms with Crippen LogP contribution >= 0.6 is 23.2 Å². The van der Waals surface area contributed by atoms with Crippen molar-refractivity contribution in [1.29, 1.82) is 0 Å². The molecule has 8 N–H and O–H groups in total. The van der Waals surface area contributed by atoms with Crippen molar-refractivity contribution >= 4 is 76.5 Å². The Bertz CT molecular complexity index is 2010. The van der Waals surface area contributed by atoms with Crippen LogP contribution in [0.2, 0.25) is 10.0 Å². The summed E-state index contributed by atoms with van der Waals surface area (Å²) in [4.78, 5) is 120. The number of ether oxygens (including phenoxy) is 1. The normalized spacial score (nSPS) is 17.8. The number of carboxylic acids is 1. The molecule has 1 saturated heterocycles. The lowest BCUT2D eigenvalue weighted by atomic mass is 9.83. The number of hydrogen-bond donors (Lipinski definition) is 7. The van der Waals surface area contributed by atoms with E-state index in [4.69, 9.17) is 33.7 Å². The topological polar surface area (TPSA) is 272 Å². The maximum absolute atomic E-state index is 14.8. The quantitative estimate of drug-likeness (QED) is 0.101. The molecule has 5 atom stereocenters. The molecule has 2 aliphatic rings. The van der Waals surface area contributed by atoms with Crippen molar-refractivity contribution in [2.45, 2.75) is 102 Å². The Balaban J connectivity index is 1.57. The second-order valence-electron chi connectivity index (χ2n) is 15.8. The van der Waals surface area contributed by atoms with Gasteiger partial charge in [0.05, 0.1) is 46.4 Å². The molecule has 7 amide bonds. The Morgan fingerprint density at radius 2 is 1.55 bits per heavy atom.